The molecule has 9 nitrogen and oxygen atoms in total. The van der Waals surface area contributed by atoms with Crippen molar-refractivity contribution in [2.75, 3.05) is 0 Å². The van der Waals surface area contributed by atoms with Gasteiger partial charge in [0.05, 0.1) is 9.85 Å². The smallest absolute Gasteiger partial charge is 0.346 e. The Bertz CT molecular complexity index is 898. The Hall–Kier alpha value is -3.08. The maximum absolute atomic E-state index is 13.2. The molecule has 0 N–H and O–H groups in total. The first-order valence-electron chi connectivity index (χ1n) is 5.84. The number of hydrogen-bond acceptors (Lipinski definition) is 7. The van der Waals surface area contributed by atoms with Crippen molar-refractivity contribution in [2.45, 2.75) is 4.90 Å². The van der Waals surface area contributed by atoms with Crippen molar-refractivity contribution in [3.05, 3.63) is 68.5 Å². The Morgan fingerprint density at radius 2 is 1.57 bits per heavy atom. The molecule has 11 heteroatoms. The van der Waals surface area contributed by atoms with E-state index in [4.69, 9.17) is 0 Å². The molecule has 0 aliphatic heterocycles. The molecular formula is C12H7FN2O7S. The van der Waals surface area contributed by atoms with E-state index in [-0.39, 0.29) is 0 Å². The van der Waals surface area contributed by atoms with Gasteiger partial charge in [-0.15, -0.1) is 0 Å². The van der Waals surface area contributed by atoms with Crippen molar-refractivity contribution in [3.63, 3.8) is 0 Å². The van der Waals surface area contributed by atoms with Gasteiger partial charge in [-0.1, -0.05) is 12.1 Å². The summed E-state index contributed by atoms with van der Waals surface area (Å²) in [6.45, 7) is 0. The predicted octanol–water partition coefficient (Wildman–Crippen LogP) is 2.41. The quantitative estimate of drug-likeness (QED) is 0.463. The first-order valence-corrected chi connectivity index (χ1v) is 7.25. The molecule has 0 fully saturated rings. The molecule has 0 unspecified atom stereocenters. The number of rotatable bonds is 5. The second-order valence-corrected chi connectivity index (χ2v) is 5.65. The maximum Gasteiger partial charge on any atom is 0.346 e. The fraction of sp³-hybridized carbons (Fsp3) is 0. The number of nitro benzene ring substituents is 2. The highest BCUT2D eigenvalue weighted by atomic mass is 32.2. The fourth-order valence-electron chi connectivity index (χ4n) is 1.69. The third kappa shape index (κ3) is 3.40. The minimum absolute atomic E-state index is 0.504. The maximum atomic E-state index is 13.2. The van der Waals surface area contributed by atoms with Gasteiger partial charge in [-0.2, -0.15) is 8.42 Å². The van der Waals surface area contributed by atoms with Crippen LogP contribution < -0.4 is 4.18 Å². The topological polar surface area (TPSA) is 130 Å². The van der Waals surface area contributed by atoms with Gasteiger partial charge in [0.25, 0.3) is 5.69 Å². The van der Waals surface area contributed by atoms with E-state index in [0.717, 1.165) is 24.3 Å². The molecule has 0 atom stereocenters. The van der Waals surface area contributed by atoms with Gasteiger partial charge >= 0.3 is 15.8 Å². The van der Waals surface area contributed by atoms with Gasteiger partial charge in [-0.05, 0) is 12.1 Å². The van der Waals surface area contributed by atoms with Gasteiger partial charge in [-0.3, -0.25) is 20.2 Å². The highest BCUT2D eigenvalue weighted by molar-refractivity contribution is 7.87. The van der Waals surface area contributed by atoms with Gasteiger partial charge in [0, 0.05) is 18.2 Å². The number of nitrogens with zero attached hydrogens (tertiary/aromatic N) is 2. The molecule has 0 saturated carbocycles. The Balaban J connectivity index is 2.54. The first kappa shape index (κ1) is 16.3. The van der Waals surface area contributed by atoms with E-state index in [9.17, 15) is 33.0 Å². The summed E-state index contributed by atoms with van der Waals surface area (Å²) in [6.07, 6.45) is 0. The molecule has 2 aromatic rings. The second-order valence-electron chi connectivity index (χ2n) is 4.13. The highest BCUT2D eigenvalue weighted by Crippen LogP contribution is 2.32. The summed E-state index contributed by atoms with van der Waals surface area (Å²) in [5, 5.41) is 21.7. The van der Waals surface area contributed by atoms with E-state index in [0.29, 0.717) is 6.07 Å². The SMILES string of the molecule is O=[N+]([O-])c1ccc(F)cc1OS(=O)(=O)c1ccccc1[N+](=O)[O-]. The molecule has 0 aliphatic carbocycles. The van der Waals surface area contributed by atoms with Crippen LogP contribution in [-0.2, 0) is 10.1 Å². The Kier molecular flexibility index (Phi) is 4.22. The van der Waals surface area contributed by atoms with Crippen LogP contribution in [0.2, 0.25) is 0 Å². The van der Waals surface area contributed by atoms with Crippen LogP contribution >= 0.6 is 0 Å². The van der Waals surface area contributed by atoms with Crippen molar-refractivity contribution in [1.29, 1.82) is 0 Å². The van der Waals surface area contributed by atoms with Gasteiger partial charge in [0.15, 0.2) is 4.90 Å². The van der Waals surface area contributed by atoms with E-state index in [1.54, 1.807) is 0 Å². The lowest BCUT2D eigenvalue weighted by molar-refractivity contribution is -0.388. The summed E-state index contributed by atoms with van der Waals surface area (Å²) in [5.74, 6) is -1.85. The molecule has 0 radical (unpaired) electrons. The standard InChI is InChI=1S/C12H7FN2O7S/c13-8-5-6-9(14(16)17)11(7-8)22-23(20,21)12-4-2-1-3-10(12)15(18)19/h1-7H. The number of nitro groups is 2. The minimum atomic E-state index is -4.77. The Morgan fingerprint density at radius 3 is 2.17 bits per heavy atom. The van der Waals surface area contributed by atoms with Crippen molar-refractivity contribution in [2.24, 2.45) is 0 Å². The second kappa shape index (κ2) is 5.96. The molecule has 2 rings (SSSR count). The Morgan fingerprint density at radius 1 is 0.957 bits per heavy atom. The zero-order valence-corrected chi connectivity index (χ0v) is 11.9. The van der Waals surface area contributed by atoms with E-state index in [1.807, 2.05) is 0 Å². The van der Waals surface area contributed by atoms with Crippen LogP contribution in [0.15, 0.2) is 47.4 Å². The van der Waals surface area contributed by atoms with E-state index < -0.39 is 47.8 Å². The molecule has 0 amide bonds. The van der Waals surface area contributed by atoms with Crippen LogP contribution in [0.4, 0.5) is 15.8 Å². The van der Waals surface area contributed by atoms with Crippen LogP contribution in [0, 0.1) is 26.0 Å². The molecule has 0 aliphatic rings. The third-order valence-corrected chi connectivity index (χ3v) is 3.93. The highest BCUT2D eigenvalue weighted by Gasteiger charge is 2.30. The van der Waals surface area contributed by atoms with E-state index >= 15 is 0 Å². The van der Waals surface area contributed by atoms with Gasteiger partial charge in [0.2, 0.25) is 5.75 Å². The van der Waals surface area contributed by atoms with Crippen LogP contribution in [0.3, 0.4) is 0 Å². The fourth-order valence-corrected chi connectivity index (χ4v) is 2.79. The zero-order valence-electron chi connectivity index (χ0n) is 11.1. The van der Waals surface area contributed by atoms with Crippen LogP contribution in [-0.4, -0.2) is 18.3 Å². The predicted molar refractivity (Wildman–Crippen MR) is 74.0 cm³/mol. The van der Waals surface area contributed by atoms with E-state index in [2.05, 4.69) is 4.18 Å². The summed E-state index contributed by atoms with van der Waals surface area (Å²) in [5.41, 5.74) is -1.57. The number of para-hydroxylation sites is 1. The summed E-state index contributed by atoms with van der Waals surface area (Å²) in [7, 11) is -4.77. The monoisotopic (exact) mass is 342 g/mol. The Labute approximate surface area is 128 Å². The van der Waals surface area contributed by atoms with Crippen LogP contribution in [0.5, 0.6) is 5.75 Å². The molecule has 0 aromatic heterocycles. The van der Waals surface area contributed by atoms with Crippen molar-refractivity contribution >= 4 is 21.5 Å². The summed E-state index contributed by atoms with van der Waals surface area (Å²) >= 11 is 0. The molecule has 2 aromatic carbocycles. The number of benzene rings is 2. The summed E-state index contributed by atoms with van der Waals surface area (Å²) < 4.78 is 42.0. The molecule has 0 heterocycles. The minimum Gasteiger partial charge on any atom is -0.371 e. The van der Waals surface area contributed by atoms with E-state index in [1.165, 1.54) is 12.1 Å². The summed E-state index contributed by atoms with van der Waals surface area (Å²) in [6, 6.07) is 6.26. The molecule has 0 spiro atoms. The number of halogens is 1. The third-order valence-electron chi connectivity index (χ3n) is 2.65. The van der Waals surface area contributed by atoms with Crippen molar-refractivity contribution in [1.82, 2.24) is 0 Å². The van der Waals surface area contributed by atoms with Crippen LogP contribution in [0.1, 0.15) is 0 Å². The normalized spacial score (nSPS) is 11.0. The van der Waals surface area contributed by atoms with Crippen molar-refractivity contribution < 1.29 is 26.8 Å². The van der Waals surface area contributed by atoms with Crippen molar-refractivity contribution in [3.8, 4) is 5.75 Å². The lowest BCUT2D eigenvalue weighted by Gasteiger charge is -2.07. The molecule has 0 saturated heterocycles. The summed E-state index contributed by atoms with van der Waals surface area (Å²) in [4.78, 5) is 19.0. The molecular weight excluding hydrogens is 335 g/mol. The van der Waals surface area contributed by atoms with Gasteiger partial charge in [-0.25, -0.2) is 4.39 Å². The average Bonchev–Trinajstić information content (AvgIpc) is 2.46. The first-order chi connectivity index (χ1) is 10.7. The molecule has 23 heavy (non-hydrogen) atoms. The molecule has 120 valence electrons. The largest absolute Gasteiger partial charge is 0.371 e. The lowest BCUT2D eigenvalue weighted by Crippen LogP contribution is -2.13. The van der Waals surface area contributed by atoms with Gasteiger partial charge in [0.1, 0.15) is 5.82 Å². The average molecular weight is 342 g/mol. The van der Waals surface area contributed by atoms with Crippen LogP contribution in [0.25, 0.3) is 0 Å². The molecule has 0 bridgehead atoms. The lowest BCUT2D eigenvalue weighted by atomic mass is 10.3. The zero-order chi connectivity index (χ0) is 17.2. The number of hydrogen-bond donors (Lipinski definition) is 0. The van der Waals surface area contributed by atoms with Gasteiger partial charge < -0.3 is 4.18 Å².